The second kappa shape index (κ2) is 13.1. The van der Waals surface area contributed by atoms with Crippen LogP contribution in [0.2, 0.25) is 0 Å². The maximum Gasteiger partial charge on any atom is 0.303 e. The number of nitrogens with zero attached hydrogens (tertiary/aromatic N) is 2. The van der Waals surface area contributed by atoms with E-state index in [-0.39, 0.29) is 18.1 Å². The summed E-state index contributed by atoms with van der Waals surface area (Å²) in [6.45, 7) is 9.65. The van der Waals surface area contributed by atoms with E-state index < -0.39 is 27.3 Å². The van der Waals surface area contributed by atoms with E-state index in [4.69, 9.17) is 4.74 Å². The van der Waals surface area contributed by atoms with Crippen molar-refractivity contribution in [1.29, 1.82) is 0 Å². The molecule has 0 radical (unpaired) electrons. The van der Waals surface area contributed by atoms with Crippen LogP contribution in [0.4, 0.5) is 5.69 Å². The Hall–Kier alpha value is -3.07. The largest absolute Gasteiger partial charge is 0.493 e. The molecule has 8 nitrogen and oxygen atoms in total. The van der Waals surface area contributed by atoms with Gasteiger partial charge >= 0.3 is 5.97 Å². The van der Waals surface area contributed by atoms with Crippen molar-refractivity contribution < 1.29 is 27.9 Å². The third-order valence-electron chi connectivity index (χ3n) is 8.33. The number of carboxylic acid groups (broad SMARTS) is 1. The summed E-state index contributed by atoms with van der Waals surface area (Å²) in [7, 11) is -2.41. The number of amides is 1. The average Bonchev–Trinajstić information content (AvgIpc) is 3.78. The molecular weight excluding hydrogens is 552 g/mol. The van der Waals surface area contributed by atoms with Gasteiger partial charge in [-0.05, 0) is 90.7 Å². The van der Waals surface area contributed by atoms with Crippen molar-refractivity contribution in [2.75, 3.05) is 37.4 Å². The Bertz CT molecular complexity index is 1370. The number of benzene rings is 2. The molecule has 0 bridgehead atoms. The molecule has 2 aromatic rings. The molecule has 4 rings (SSSR count). The molecule has 1 unspecified atom stereocenters. The van der Waals surface area contributed by atoms with Gasteiger partial charge in [-0.2, -0.15) is 0 Å². The van der Waals surface area contributed by atoms with Gasteiger partial charge < -0.3 is 14.7 Å². The van der Waals surface area contributed by atoms with Gasteiger partial charge in [-0.25, -0.2) is 12.7 Å². The summed E-state index contributed by atoms with van der Waals surface area (Å²) < 4.78 is 33.1. The normalized spacial score (nSPS) is 17.1. The summed E-state index contributed by atoms with van der Waals surface area (Å²) in [6, 6.07) is 13.6. The smallest absolute Gasteiger partial charge is 0.303 e. The summed E-state index contributed by atoms with van der Waals surface area (Å²) >= 11 is 0. The lowest BCUT2D eigenvalue weighted by atomic mass is 9.91. The van der Waals surface area contributed by atoms with Crippen LogP contribution in [0, 0.1) is 17.3 Å². The monoisotopic (exact) mass is 598 g/mol. The molecule has 1 heterocycles. The molecule has 0 spiro atoms. The van der Waals surface area contributed by atoms with E-state index in [1.54, 1.807) is 6.07 Å². The van der Waals surface area contributed by atoms with Gasteiger partial charge in [0.2, 0.25) is 10.0 Å². The third-order valence-corrected chi connectivity index (χ3v) is 10.6. The van der Waals surface area contributed by atoms with Crippen LogP contribution in [0.1, 0.15) is 87.2 Å². The Kier molecular flexibility index (Phi) is 9.91. The molecule has 230 valence electrons. The molecule has 1 saturated heterocycles. The van der Waals surface area contributed by atoms with Crippen molar-refractivity contribution in [2.45, 2.75) is 72.1 Å². The number of hydrogen-bond donors (Lipinski definition) is 1. The number of aryl methyl sites for hydroxylation is 1. The maximum absolute atomic E-state index is 13.5. The topological polar surface area (TPSA) is 104 Å². The maximum atomic E-state index is 13.5. The number of piperidine rings is 1. The number of sulfonamides is 1. The van der Waals surface area contributed by atoms with Crippen LogP contribution in [0.3, 0.4) is 0 Å². The quantitative estimate of drug-likeness (QED) is 0.321. The first-order valence-electron chi connectivity index (χ1n) is 15.1. The second-order valence-corrected chi connectivity index (χ2v) is 15.2. The molecule has 1 atom stereocenters. The van der Waals surface area contributed by atoms with E-state index in [0.717, 1.165) is 72.1 Å². The highest BCUT2D eigenvalue weighted by Gasteiger charge is 2.34. The highest BCUT2D eigenvalue weighted by atomic mass is 32.2. The highest BCUT2D eigenvalue weighted by molar-refractivity contribution is 7.89. The predicted octanol–water partition coefficient (Wildman–Crippen LogP) is 5.96. The first-order valence-corrected chi connectivity index (χ1v) is 16.7. The van der Waals surface area contributed by atoms with Crippen LogP contribution in [0.15, 0.2) is 42.5 Å². The molecule has 42 heavy (non-hydrogen) atoms. The van der Waals surface area contributed by atoms with Gasteiger partial charge in [-0.1, -0.05) is 45.9 Å². The van der Waals surface area contributed by atoms with Crippen molar-refractivity contribution in [3.05, 3.63) is 59.2 Å². The third kappa shape index (κ3) is 8.27. The van der Waals surface area contributed by atoms with Gasteiger partial charge in [0.1, 0.15) is 5.75 Å². The highest BCUT2D eigenvalue weighted by Crippen LogP contribution is 2.45. The van der Waals surface area contributed by atoms with E-state index in [0.29, 0.717) is 24.0 Å². The van der Waals surface area contributed by atoms with E-state index in [2.05, 4.69) is 11.8 Å². The summed E-state index contributed by atoms with van der Waals surface area (Å²) in [5, 5.41) is 9.37. The van der Waals surface area contributed by atoms with E-state index >= 15 is 0 Å². The van der Waals surface area contributed by atoms with Crippen LogP contribution in [-0.4, -0.2) is 62.2 Å². The minimum absolute atomic E-state index is 0.0348. The molecular formula is C33H46N2O6S. The first kappa shape index (κ1) is 31.9. The molecule has 0 aromatic heterocycles. The van der Waals surface area contributed by atoms with Crippen LogP contribution in [0.5, 0.6) is 5.75 Å². The molecule has 1 saturated carbocycles. The van der Waals surface area contributed by atoms with Crippen molar-refractivity contribution in [1.82, 2.24) is 4.31 Å². The standard InChI is InChI=1S/C33H46N2O6S/c1-6-23-10-13-28(32(38)34(5)42(39,40)22-33(2,3)4)30(18-23)35-16-14-24(15-17-35)21-41-27-9-7-8-26(19-27)29(20-31(36)37)25-11-12-25/h7-10,13,18-19,24-25,29H,6,11-12,14-17,20-22H2,1-5H3,(H,36,37). The number of carbonyl (C=O) groups is 2. The molecule has 9 heteroatoms. The van der Waals surface area contributed by atoms with Crippen LogP contribution in [0.25, 0.3) is 0 Å². The summed E-state index contributed by atoms with van der Waals surface area (Å²) in [5.41, 5.74) is 2.86. The number of hydrogen-bond acceptors (Lipinski definition) is 6. The van der Waals surface area contributed by atoms with E-state index in [1.807, 2.05) is 57.2 Å². The Morgan fingerprint density at radius 3 is 2.36 bits per heavy atom. The zero-order valence-corrected chi connectivity index (χ0v) is 26.5. The fourth-order valence-corrected chi connectivity index (χ4v) is 7.45. The van der Waals surface area contributed by atoms with Gasteiger partial charge in [0, 0.05) is 25.8 Å². The fraction of sp³-hybridized carbons (Fsp3) is 0.576. The number of carboxylic acids is 1. The minimum atomic E-state index is -3.77. The predicted molar refractivity (Wildman–Crippen MR) is 166 cm³/mol. The Balaban J connectivity index is 1.41. The zero-order valence-electron chi connectivity index (χ0n) is 25.6. The average molecular weight is 599 g/mol. The van der Waals surface area contributed by atoms with E-state index in [9.17, 15) is 23.1 Å². The lowest BCUT2D eigenvalue weighted by Crippen LogP contribution is -2.40. The van der Waals surface area contributed by atoms with Crippen LogP contribution < -0.4 is 9.64 Å². The molecule has 2 aromatic carbocycles. The lowest BCUT2D eigenvalue weighted by molar-refractivity contribution is -0.137. The number of carbonyl (C=O) groups excluding carboxylic acids is 1. The van der Waals surface area contributed by atoms with Crippen LogP contribution in [-0.2, 0) is 21.2 Å². The van der Waals surface area contributed by atoms with E-state index in [1.165, 1.54) is 7.05 Å². The molecule has 1 amide bonds. The minimum Gasteiger partial charge on any atom is -0.493 e. The lowest BCUT2D eigenvalue weighted by Gasteiger charge is -2.35. The first-order chi connectivity index (χ1) is 19.8. The SMILES string of the molecule is CCc1ccc(C(=O)N(C)S(=O)(=O)CC(C)(C)C)c(N2CCC(COc3cccc(C(CC(=O)O)C4CC4)c3)CC2)c1. The van der Waals surface area contributed by atoms with Crippen molar-refractivity contribution >= 4 is 27.6 Å². The second-order valence-electron chi connectivity index (χ2n) is 13.2. The number of anilines is 1. The summed E-state index contributed by atoms with van der Waals surface area (Å²) in [4.78, 5) is 27.1. The van der Waals surface area contributed by atoms with Gasteiger partial charge in [-0.15, -0.1) is 0 Å². The number of rotatable bonds is 12. The summed E-state index contributed by atoms with van der Waals surface area (Å²) in [5.74, 6) is 0.210. The van der Waals surface area contributed by atoms with Gasteiger partial charge in [-0.3, -0.25) is 9.59 Å². The van der Waals surface area contributed by atoms with Crippen LogP contribution >= 0.6 is 0 Å². The molecule has 1 N–H and O–H groups in total. The number of aliphatic carboxylic acids is 1. The van der Waals surface area contributed by atoms with Gasteiger partial charge in [0.15, 0.2) is 0 Å². The van der Waals surface area contributed by atoms with Gasteiger partial charge in [0.05, 0.1) is 24.3 Å². The Morgan fingerprint density at radius 1 is 1.07 bits per heavy atom. The van der Waals surface area contributed by atoms with Crippen molar-refractivity contribution in [3.63, 3.8) is 0 Å². The van der Waals surface area contributed by atoms with Gasteiger partial charge in [0.25, 0.3) is 5.91 Å². The number of ether oxygens (including phenoxy) is 1. The Morgan fingerprint density at radius 2 is 1.76 bits per heavy atom. The molecule has 2 aliphatic rings. The molecule has 2 fully saturated rings. The summed E-state index contributed by atoms with van der Waals surface area (Å²) in [6.07, 6.45) is 4.89. The Labute approximate surface area is 251 Å². The molecule has 1 aliphatic heterocycles. The van der Waals surface area contributed by atoms with Crippen molar-refractivity contribution in [3.8, 4) is 5.75 Å². The van der Waals surface area contributed by atoms with Crippen molar-refractivity contribution in [2.24, 2.45) is 17.3 Å². The fourth-order valence-electron chi connectivity index (χ4n) is 5.81. The zero-order chi connectivity index (χ0) is 30.7. The molecule has 1 aliphatic carbocycles.